The van der Waals surface area contributed by atoms with Gasteiger partial charge >= 0.3 is 11.9 Å². The Morgan fingerprint density at radius 3 is 2.27 bits per heavy atom. The summed E-state index contributed by atoms with van der Waals surface area (Å²) in [5.41, 5.74) is 2.59. The molecule has 0 aliphatic carbocycles. The molecule has 3 N–H and O–H groups in total. The number of Topliss-reactive ketones (excluding diaryl/α,β-unsaturated/α-hetero) is 1. The zero-order valence-electron chi connectivity index (χ0n) is 14.4. The number of H-pyrrole nitrogens is 1. The van der Waals surface area contributed by atoms with Gasteiger partial charge in [0.1, 0.15) is 5.75 Å². The first-order valence-electron chi connectivity index (χ1n) is 7.64. The molecule has 0 amide bonds. The lowest BCUT2D eigenvalue weighted by atomic mass is 10.0. The van der Waals surface area contributed by atoms with Gasteiger partial charge in [0.2, 0.25) is 0 Å². The Hall–Kier alpha value is -3.42. The quantitative estimate of drug-likeness (QED) is 0.510. The molecule has 0 saturated heterocycles. The molecule has 138 valence electrons. The minimum atomic E-state index is -1.26. The summed E-state index contributed by atoms with van der Waals surface area (Å²) >= 11 is 0. The summed E-state index contributed by atoms with van der Waals surface area (Å²) in [6, 6.07) is 7.29. The maximum Gasteiger partial charge on any atom is 0.328 e. The summed E-state index contributed by atoms with van der Waals surface area (Å²) in [6.45, 7) is 1.95. The standard InChI is InChI=1S/C14H16N2O2.C4H4O4/c1-10-12(16-9-15-10)7-8-13(17)11-5-3-4-6-14(11)18-2;5-3(6)1-2-4(7)8/h3-6,9H,7-8H2,1-2H3,(H,15,16);1-2H,(H,5,6)(H,7,8). The minimum absolute atomic E-state index is 0.0786. The van der Waals surface area contributed by atoms with Crippen molar-refractivity contribution in [3.63, 3.8) is 0 Å². The number of aromatic nitrogens is 2. The van der Waals surface area contributed by atoms with Gasteiger partial charge in [0.15, 0.2) is 5.78 Å². The number of carboxylic acid groups (broad SMARTS) is 2. The van der Waals surface area contributed by atoms with Crippen LogP contribution < -0.4 is 4.74 Å². The van der Waals surface area contributed by atoms with Gasteiger partial charge in [0, 0.05) is 24.3 Å². The molecule has 0 saturated carbocycles. The Morgan fingerprint density at radius 2 is 1.77 bits per heavy atom. The Kier molecular flexibility index (Phi) is 8.29. The number of hydrogen-bond acceptors (Lipinski definition) is 5. The number of imidazole rings is 1. The molecule has 0 aliphatic heterocycles. The second kappa shape index (κ2) is 10.4. The lowest BCUT2D eigenvalue weighted by Crippen LogP contribution is -2.04. The first-order valence-corrected chi connectivity index (χ1v) is 7.64. The van der Waals surface area contributed by atoms with E-state index < -0.39 is 11.9 Å². The number of carbonyl (C=O) groups is 3. The number of ketones is 1. The van der Waals surface area contributed by atoms with Crippen molar-refractivity contribution in [2.24, 2.45) is 0 Å². The molecule has 0 unspecified atom stereocenters. The van der Waals surface area contributed by atoms with E-state index in [1.807, 2.05) is 19.1 Å². The number of carboxylic acids is 2. The number of aliphatic carboxylic acids is 2. The summed E-state index contributed by atoms with van der Waals surface area (Å²) < 4.78 is 5.18. The number of rotatable bonds is 7. The molecule has 0 aliphatic rings. The van der Waals surface area contributed by atoms with Gasteiger partial charge in [-0.1, -0.05) is 12.1 Å². The van der Waals surface area contributed by atoms with Gasteiger partial charge < -0.3 is 19.9 Å². The van der Waals surface area contributed by atoms with E-state index in [4.69, 9.17) is 14.9 Å². The van der Waals surface area contributed by atoms with E-state index in [1.165, 1.54) is 0 Å². The molecule has 0 atom stereocenters. The third-order valence-electron chi connectivity index (χ3n) is 3.30. The third-order valence-corrected chi connectivity index (χ3v) is 3.30. The molecule has 0 spiro atoms. The number of nitrogens with one attached hydrogen (secondary N) is 1. The molecule has 1 aromatic heterocycles. The lowest BCUT2D eigenvalue weighted by molar-refractivity contribution is -0.134. The maximum atomic E-state index is 12.1. The molecule has 0 bridgehead atoms. The van der Waals surface area contributed by atoms with E-state index in [0.717, 1.165) is 11.4 Å². The molecule has 26 heavy (non-hydrogen) atoms. The van der Waals surface area contributed by atoms with Crippen LogP contribution in [0, 0.1) is 6.92 Å². The predicted molar refractivity (Wildman–Crippen MR) is 93.4 cm³/mol. The fourth-order valence-electron chi connectivity index (χ4n) is 2.02. The van der Waals surface area contributed by atoms with Gasteiger partial charge in [-0.15, -0.1) is 0 Å². The van der Waals surface area contributed by atoms with Crippen molar-refractivity contribution in [2.45, 2.75) is 19.8 Å². The first-order chi connectivity index (χ1) is 12.3. The number of methoxy groups -OCH3 is 1. The van der Waals surface area contributed by atoms with Crippen LogP contribution in [0.15, 0.2) is 42.7 Å². The number of ether oxygens (including phenoxy) is 1. The minimum Gasteiger partial charge on any atom is -0.496 e. The van der Waals surface area contributed by atoms with Crippen molar-refractivity contribution in [2.75, 3.05) is 7.11 Å². The highest BCUT2D eigenvalue weighted by Crippen LogP contribution is 2.19. The van der Waals surface area contributed by atoms with Crippen molar-refractivity contribution in [1.29, 1.82) is 0 Å². The maximum absolute atomic E-state index is 12.1. The molecule has 1 heterocycles. The predicted octanol–water partition coefficient (Wildman–Crippen LogP) is 2.25. The number of aromatic amines is 1. The van der Waals surface area contributed by atoms with E-state index >= 15 is 0 Å². The van der Waals surface area contributed by atoms with Crippen LogP contribution in [-0.2, 0) is 16.0 Å². The van der Waals surface area contributed by atoms with Gasteiger partial charge in [0.25, 0.3) is 0 Å². The number of benzene rings is 1. The highest BCUT2D eigenvalue weighted by atomic mass is 16.5. The summed E-state index contributed by atoms with van der Waals surface area (Å²) in [5, 5.41) is 15.6. The van der Waals surface area contributed by atoms with Crippen molar-refractivity contribution in [3.8, 4) is 5.75 Å². The second-order valence-electron chi connectivity index (χ2n) is 5.11. The zero-order chi connectivity index (χ0) is 19.5. The lowest BCUT2D eigenvalue weighted by Gasteiger charge is -2.06. The summed E-state index contributed by atoms with van der Waals surface area (Å²) in [5.74, 6) is -1.81. The van der Waals surface area contributed by atoms with Crippen LogP contribution >= 0.6 is 0 Å². The molecule has 8 nitrogen and oxygen atoms in total. The number of carbonyl (C=O) groups excluding carboxylic acids is 1. The first kappa shape index (κ1) is 20.6. The number of para-hydroxylation sites is 1. The highest BCUT2D eigenvalue weighted by Gasteiger charge is 2.12. The van der Waals surface area contributed by atoms with Gasteiger partial charge in [-0.05, 0) is 25.5 Å². The smallest absolute Gasteiger partial charge is 0.328 e. The van der Waals surface area contributed by atoms with Gasteiger partial charge in [-0.25, -0.2) is 14.6 Å². The number of hydrogen-bond donors (Lipinski definition) is 3. The van der Waals surface area contributed by atoms with Crippen LogP contribution in [-0.4, -0.2) is 45.0 Å². The molecule has 2 aromatic rings. The third kappa shape index (κ3) is 7.00. The molecule has 0 radical (unpaired) electrons. The monoisotopic (exact) mass is 360 g/mol. The molecule has 1 aromatic carbocycles. The van der Waals surface area contributed by atoms with Crippen LogP contribution in [0.5, 0.6) is 5.75 Å². The SMILES string of the molecule is COc1ccccc1C(=O)CCc1nc[nH]c1C.O=C(O)C=CC(=O)O. The second-order valence-corrected chi connectivity index (χ2v) is 5.11. The summed E-state index contributed by atoms with van der Waals surface area (Å²) in [6.07, 6.45) is 3.85. The average Bonchev–Trinajstić information content (AvgIpc) is 3.03. The summed E-state index contributed by atoms with van der Waals surface area (Å²) in [7, 11) is 1.57. The van der Waals surface area contributed by atoms with Crippen molar-refractivity contribution >= 4 is 17.7 Å². The Labute approximate surface area is 150 Å². The normalized spacial score (nSPS) is 10.1. The Bertz CT molecular complexity index is 778. The van der Waals surface area contributed by atoms with E-state index in [-0.39, 0.29) is 5.78 Å². The molecular weight excluding hydrogens is 340 g/mol. The fourth-order valence-corrected chi connectivity index (χ4v) is 2.02. The molecule has 0 fully saturated rings. The van der Waals surface area contributed by atoms with E-state index in [2.05, 4.69) is 9.97 Å². The van der Waals surface area contributed by atoms with Crippen LogP contribution in [0.4, 0.5) is 0 Å². The number of nitrogens with zero attached hydrogens (tertiary/aromatic N) is 1. The fraction of sp³-hybridized carbons (Fsp3) is 0.222. The molecule has 2 rings (SSSR count). The molecular formula is C18H20N2O6. The average molecular weight is 360 g/mol. The van der Waals surface area contributed by atoms with E-state index in [9.17, 15) is 14.4 Å². The van der Waals surface area contributed by atoms with Crippen LogP contribution in [0.1, 0.15) is 28.2 Å². The zero-order valence-corrected chi connectivity index (χ0v) is 14.4. The number of aryl methyl sites for hydroxylation is 2. The van der Waals surface area contributed by atoms with Crippen molar-refractivity contribution in [3.05, 3.63) is 59.7 Å². The van der Waals surface area contributed by atoms with Gasteiger partial charge in [-0.2, -0.15) is 0 Å². The highest BCUT2D eigenvalue weighted by molar-refractivity contribution is 5.98. The van der Waals surface area contributed by atoms with Crippen LogP contribution in [0.25, 0.3) is 0 Å². The molecule has 8 heteroatoms. The van der Waals surface area contributed by atoms with E-state index in [1.54, 1.807) is 25.6 Å². The van der Waals surface area contributed by atoms with E-state index in [0.29, 0.717) is 36.3 Å². The summed E-state index contributed by atoms with van der Waals surface area (Å²) in [4.78, 5) is 38.4. The Balaban J connectivity index is 0.000000359. The van der Waals surface area contributed by atoms with Gasteiger partial charge in [-0.3, -0.25) is 4.79 Å². The van der Waals surface area contributed by atoms with Gasteiger partial charge in [0.05, 0.1) is 24.7 Å². The van der Waals surface area contributed by atoms with Crippen LogP contribution in [0.2, 0.25) is 0 Å². The van der Waals surface area contributed by atoms with Crippen LogP contribution in [0.3, 0.4) is 0 Å². The Morgan fingerprint density at radius 1 is 1.15 bits per heavy atom. The largest absolute Gasteiger partial charge is 0.496 e. The van der Waals surface area contributed by atoms with Crippen molar-refractivity contribution in [1.82, 2.24) is 9.97 Å². The topological polar surface area (TPSA) is 130 Å². The van der Waals surface area contributed by atoms with Crippen molar-refractivity contribution < 1.29 is 29.3 Å².